The summed E-state index contributed by atoms with van der Waals surface area (Å²) in [6.07, 6.45) is 3.13. The number of benzene rings is 2. The van der Waals surface area contributed by atoms with E-state index >= 15 is 0 Å². The van der Waals surface area contributed by atoms with Gasteiger partial charge >= 0.3 is 6.03 Å². The Morgan fingerprint density at radius 3 is 2.70 bits per heavy atom. The molecular formula is C22H22BrN5O2. The summed E-state index contributed by atoms with van der Waals surface area (Å²) >= 11 is 3.50. The maximum Gasteiger partial charge on any atom is 0.319 e. The fraction of sp³-hybridized carbons (Fsp3) is 0.227. The summed E-state index contributed by atoms with van der Waals surface area (Å²) in [6.45, 7) is 2.76. The van der Waals surface area contributed by atoms with Gasteiger partial charge < -0.3 is 20.7 Å². The smallest absolute Gasteiger partial charge is 0.319 e. The Morgan fingerprint density at radius 2 is 1.90 bits per heavy atom. The van der Waals surface area contributed by atoms with Gasteiger partial charge in [-0.05, 0) is 67.3 Å². The van der Waals surface area contributed by atoms with E-state index in [4.69, 9.17) is 4.74 Å². The van der Waals surface area contributed by atoms with E-state index in [1.165, 1.54) is 17.5 Å². The van der Waals surface area contributed by atoms with Crippen molar-refractivity contribution < 1.29 is 9.53 Å². The van der Waals surface area contributed by atoms with E-state index in [9.17, 15) is 4.79 Å². The van der Waals surface area contributed by atoms with Gasteiger partial charge in [-0.2, -0.15) is 0 Å². The van der Waals surface area contributed by atoms with E-state index in [0.717, 1.165) is 23.9 Å². The Hall–Kier alpha value is -3.13. The van der Waals surface area contributed by atoms with Crippen molar-refractivity contribution in [2.75, 3.05) is 17.2 Å². The highest BCUT2D eigenvalue weighted by atomic mass is 79.9. The normalized spacial score (nSPS) is 14.7. The van der Waals surface area contributed by atoms with Crippen LogP contribution in [0.15, 0.2) is 59.3 Å². The highest BCUT2D eigenvalue weighted by molar-refractivity contribution is 9.10. The second-order valence-electron chi connectivity index (χ2n) is 7.01. The number of carbonyl (C=O) groups is 1. The van der Waals surface area contributed by atoms with Gasteiger partial charge in [-0.1, -0.05) is 22.0 Å². The summed E-state index contributed by atoms with van der Waals surface area (Å²) in [5, 5.41) is 9.03. The fourth-order valence-corrected chi connectivity index (χ4v) is 3.85. The SMILES string of the molecule is CCNc1cc(Oc2ccc(NC(=O)NC3Cc4ccc(Br)cc4C3)cc2)ncn1. The third-order valence-electron chi connectivity index (χ3n) is 4.77. The van der Waals surface area contributed by atoms with Gasteiger partial charge in [0, 0.05) is 28.8 Å². The van der Waals surface area contributed by atoms with E-state index < -0.39 is 0 Å². The predicted molar refractivity (Wildman–Crippen MR) is 120 cm³/mol. The Morgan fingerprint density at radius 1 is 1.10 bits per heavy atom. The zero-order chi connectivity index (χ0) is 20.9. The maximum atomic E-state index is 12.4. The van der Waals surface area contributed by atoms with Crippen LogP contribution >= 0.6 is 15.9 Å². The topological polar surface area (TPSA) is 88.2 Å². The number of amides is 2. The molecule has 1 aliphatic rings. The lowest BCUT2D eigenvalue weighted by molar-refractivity contribution is 0.249. The van der Waals surface area contributed by atoms with E-state index in [1.54, 1.807) is 30.3 Å². The maximum absolute atomic E-state index is 12.4. The Kier molecular flexibility index (Phi) is 6.13. The molecule has 1 aromatic heterocycles. The summed E-state index contributed by atoms with van der Waals surface area (Å²) in [6, 6.07) is 15.0. The molecule has 0 radical (unpaired) electrons. The molecule has 2 aromatic carbocycles. The number of hydrogen-bond acceptors (Lipinski definition) is 5. The van der Waals surface area contributed by atoms with E-state index in [0.29, 0.717) is 23.1 Å². The molecule has 1 aliphatic carbocycles. The largest absolute Gasteiger partial charge is 0.439 e. The van der Waals surface area contributed by atoms with Gasteiger partial charge in [0.1, 0.15) is 17.9 Å². The van der Waals surface area contributed by atoms with Crippen LogP contribution < -0.4 is 20.7 Å². The molecule has 0 spiro atoms. The molecule has 154 valence electrons. The van der Waals surface area contributed by atoms with Crippen molar-refractivity contribution >= 4 is 33.5 Å². The van der Waals surface area contributed by atoms with Crippen molar-refractivity contribution in [2.45, 2.75) is 25.8 Å². The van der Waals surface area contributed by atoms with Gasteiger partial charge in [0.2, 0.25) is 5.88 Å². The molecule has 0 saturated heterocycles. The number of urea groups is 1. The summed E-state index contributed by atoms with van der Waals surface area (Å²) in [5.74, 6) is 1.78. The van der Waals surface area contributed by atoms with Crippen LogP contribution in [0.4, 0.5) is 16.3 Å². The van der Waals surface area contributed by atoms with Gasteiger partial charge in [0.15, 0.2) is 0 Å². The number of ether oxygens (including phenoxy) is 1. The zero-order valence-corrected chi connectivity index (χ0v) is 18.1. The lowest BCUT2D eigenvalue weighted by Gasteiger charge is -2.13. The Labute approximate surface area is 183 Å². The van der Waals surface area contributed by atoms with Gasteiger partial charge in [-0.15, -0.1) is 0 Å². The standard InChI is InChI=1S/C22H22BrN5O2/c1-2-24-20-12-21(26-13-25-20)30-19-7-5-17(6-8-19)27-22(29)28-18-10-14-3-4-16(23)9-15(14)11-18/h3-9,12-13,18H,2,10-11H2,1H3,(H,24,25,26)(H2,27,28,29). The highest BCUT2D eigenvalue weighted by Gasteiger charge is 2.23. The third-order valence-corrected chi connectivity index (χ3v) is 5.26. The fourth-order valence-electron chi connectivity index (χ4n) is 3.44. The molecule has 0 bridgehead atoms. The lowest BCUT2D eigenvalue weighted by atomic mass is 10.1. The van der Waals surface area contributed by atoms with Gasteiger partial charge in [-0.25, -0.2) is 14.8 Å². The van der Waals surface area contributed by atoms with Crippen molar-refractivity contribution in [3.8, 4) is 11.6 Å². The minimum absolute atomic E-state index is 0.0978. The predicted octanol–water partition coefficient (Wildman–Crippen LogP) is 4.75. The molecule has 3 N–H and O–H groups in total. The van der Waals surface area contributed by atoms with Crippen LogP contribution in [0.1, 0.15) is 18.1 Å². The molecule has 0 fully saturated rings. The Bertz CT molecular complexity index is 1040. The van der Waals surface area contributed by atoms with Crippen LogP contribution in [0.2, 0.25) is 0 Å². The van der Waals surface area contributed by atoms with Crippen molar-refractivity contribution in [1.82, 2.24) is 15.3 Å². The van der Waals surface area contributed by atoms with Crippen LogP contribution in [0.5, 0.6) is 11.6 Å². The minimum Gasteiger partial charge on any atom is -0.439 e. The average Bonchev–Trinajstić information content (AvgIpc) is 3.11. The molecule has 2 amide bonds. The molecule has 1 heterocycles. The molecule has 7 nitrogen and oxygen atoms in total. The molecule has 3 aromatic rings. The average molecular weight is 468 g/mol. The van der Waals surface area contributed by atoms with Crippen molar-refractivity contribution in [1.29, 1.82) is 0 Å². The van der Waals surface area contributed by atoms with Crippen LogP contribution in [-0.2, 0) is 12.8 Å². The molecular weight excluding hydrogens is 446 g/mol. The number of halogens is 1. The van der Waals surface area contributed by atoms with E-state index in [-0.39, 0.29) is 12.1 Å². The first-order chi connectivity index (χ1) is 14.6. The monoisotopic (exact) mass is 467 g/mol. The van der Waals surface area contributed by atoms with Gasteiger partial charge in [0.25, 0.3) is 0 Å². The number of anilines is 2. The van der Waals surface area contributed by atoms with Crippen LogP contribution in [-0.4, -0.2) is 28.6 Å². The van der Waals surface area contributed by atoms with Crippen molar-refractivity contribution in [3.05, 3.63) is 70.5 Å². The number of carbonyl (C=O) groups excluding carboxylic acids is 1. The molecule has 30 heavy (non-hydrogen) atoms. The second kappa shape index (κ2) is 9.13. The summed E-state index contributed by atoms with van der Waals surface area (Å²) in [5.41, 5.74) is 3.25. The van der Waals surface area contributed by atoms with Gasteiger partial charge in [-0.3, -0.25) is 0 Å². The first-order valence-corrected chi connectivity index (χ1v) is 10.6. The highest BCUT2D eigenvalue weighted by Crippen LogP contribution is 2.26. The lowest BCUT2D eigenvalue weighted by Crippen LogP contribution is -2.38. The quantitative estimate of drug-likeness (QED) is 0.486. The summed E-state index contributed by atoms with van der Waals surface area (Å²) in [4.78, 5) is 20.6. The molecule has 1 atom stereocenters. The number of nitrogens with one attached hydrogen (secondary N) is 3. The van der Waals surface area contributed by atoms with Crippen LogP contribution in [0.25, 0.3) is 0 Å². The van der Waals surface area contributed by atoms with Gasteiger partial charge in [0.05, 0.1) is 0 Å². The number of fused-ring (bicyclic) bond motifs is 1. The second-order valence-corrected chi connectivity index (χ2v) is 7.93. The number of rotatable bonds is 6. The Balaban J connectivity index is 1.30. The third kappa shape index (κ3) is 5.07. The molecule has 8 heteroatoms. The number of hydrogen-bond donors (Lipinski definition) is 3. The zero-order valence-electron chi connectivity index (χ0n) is 16.5. The first kappa shape index (κ1) is 20.2. The number of aromatic nitrogens is 2. The molecule has 0 saturated carbocycles. The van der Waals surface area contributed by atoms with E-state index in [2.05, 4.69) is 54.0 Å². The van der Waals surface area contributed by atoms with E-state index in [1.807, 2.05) is 13.0 Å². The summed E-state index contributed by atoms with van der Waals surface area (Å²) in [7, 11) is 0. The van der Waals surface area contributed by atoms with Crippen molar-refractivity contribution in [3.63, 3.8) is 0 Å². The summed E-state index contributed by atoms with van der Waals surface area (Å²) < 4.78 is 6.82. The minimum atomic E-state index is -0.216. The first-order valence-electron chi connectivity index (χ1n) is 9.77. The molecule has 4 rings (SSSR count). The van der Waals surface area contributed by atoms with Crippen LogP contribution in [0.3, 0.4) is 0 Å². The molecule has 1 unspecified atom stereocenters. The molecule has 0 aliphatic heterocycles. The van der Waals surface area contributed by atoms with Crippen molar-refractivity contribution in [2.24, 2.45) is 0 Å². The number of nitrogens with zero attached hydrogens (tertiary/aromatic N) is 2. The van der Waals surface area contributed by atoms with Crippen LogP contribution in [0, 0.1) is 0 Å².